The first kappa shape index (κ1) is 15.9. The molecule has 4 nitrogen and oxygen atoms in total. The minimum atomic E-state index is -0.293. The minimum Gasteiger partial charge on any atom is -0.383 e. The Kier molecular flexibility index (Phi) is 5.31. The Morgan fingerprint density at radius 3 is 2.76 bits per heavy atom. The van der Waals surface area contributed by atoms with Gasteiger partial charge in [0.25, 0.3) is 0 Å². The molecule has 1 N–H and O–H groups in total. The standard InChI is InChI=1S/C16H23FN2O2/c1-4-13(10-21-3)19-15(18-14(5-2)16(19)20)11-7-6-8-12(17)9-11/h6-9,13-15,18H,4-5,10H2,1-3H3. The van der Waals surface area contributed by atoms with E-state index in [2.05, 4.69) is 5.32 Å². The van der Waals surface area contributed by atoms with Gasteiger partial charge in [-0.05, 0) is 30.5 Å². The third-order valence-corrected chi connectivity index (χ3v) is 3.99. The van der Waals surface area contributed by atoms with Crippen molar-refractivity contribution in [3.8, 4) is 0 Å². The van der Waals surface area contributed by atoms with Crippen LogP contribution in [0.25, 0.3) is 0 Å². The molecular weight excluding hydrogens is 271 g/mol. The maximum atomic E-state index is 13.5. The number of carbonyl (C=O) groups is 1. The number of nitrogens with zero attached hydrogens (tertiary/aromatic N) is 1. The van der Waals surface area contributed by atoms with Crippen LogP contribution < -0.4 is 5.32 Å². The third kappa shape index (κ3) is 3.24. The SMILES string of the molecule is CCC1NC(c2cccc(F)c2)N(C(CC)COC)C1=O. The van der Waals surface area contributed by atoms with Crippen LogP contribution in [0.2, 0.25) is 0 Å². The van der Waals surface area contributed by atoms with Crippen LogP contribution >= 0.6 is 0 Å². The molecule has 0 bridgehead atoms. The van der Waals surface area contributed by atoms with Crippen molar-refractivity contribution in [1.29, 1.82) is 0 Å². The van der Waals surface area contributed by atoms with Crippen LogP contribution in [0.3, 0.4) is 0 Å². The van der Waals surface area contributed by atoms with E-state index in [1.807, 2.05) is 24.8 Å². The summed E-state index contributed by atoms with van der Waals surface area (Å²) >= 11 is 0. The number of nitrogens with one attached hydrogen (secondary N) is 1. The van der Waals surface area contributed by atoms with E-state index in [1.165, 1.54) is 12.1 Å². The predicted octanol–water partition coefficient (Wildman–Crippen LogP) is 2.46. The number of benzene rings is 1. The van der Waals surface area contributed by atoms with Gasteiger partial charge < -0.3 is 9.64 Å². The number of ether oxygens (including phenoxy) is 1. The zero-order valence-electron chi connectivity index (χ0n) is 12.8. The number of hydrogen-bond donors (Lipinski definition) is 1. The number of halogens is 1. The van der Waals surface area contributed by atoms with E-state index in [0.717, 1.165) is 12.0 Å². The minimum absolute atomic E-state index is 0.0141. The lowest BCUT2D eigenvalue weighted by atomic mass is 10.1. The smallest absolute Gasteiger partial charge is 0.241 e. The zero-order chi connectivity index (χ0) is 15.4. The second-order valence-electron chi connectivity index (χ2n) is 5.35. The molecule has 1 heterocycles. The summed E-state index contributed by atoms with van der Waals surface area (Å²) in [5.74, 6) is -0.225. The van der Waals surface area contributed by atoms with Gasteiger partial charge >= 0.3 is 0 Å². The molecule has 3 atom stereocenters. The number of amides is 1. The van der Waals surface area contributed by atoms with Crippen LogP contribution in [-0.4, -0.2) is 36.6 Å². The fourth-order valence-electron chi connectivity index (χ4n) is 2.85. The fraction of sp³-hybridized carbons (Fsp3) is 0.562. The molecule has 3 unspecified atom stereocenters. The first-order valence-corrected chi connectivity index (χ1v) is 7.45. The van der Waals surface area contributed by atoms with Crippen molar-refractivity contribution in [3.05, 3.63) is 35.6 Å². The van der Waals surface area contributed by atoms with Crippen molar-refractivity contribution >= 4 is 5.91 Å². The van der Waals surface area contributed by atoms with Crippen molar-refractivity contribution < 1.29 is 13.9 Å². The van der Waals surface area contributed by atoms with Crippen molar-refractivity contribution in [2.24, 2.45) is 0 Å². The quantitative estimate of drug-likeness (QED) is 0.876. The highest BCUT2D eigenvalue weighted by atomic mass is 19.1. The molecule has 1 fully saturated rings. The van der Waals surface area contributed by atoms with Gasteiger partial charge in [-0.2, -0.15) is 0 Å². The second-order valence-corrected chi connectivity index (χ2v) is 5.35. The summed E-state index contributed by atoms with van der Waals surface area (Å²) < 4.78 is 18.7. The molecule has 0 saturated carbocycles. The first-order valence-electron chi connectivity index (χ1n) is 7.45. The second kappa shape index (κ2) is 7.00. The van der Waals surface area contributed by atoms with Gasteiger partial charge in [0.1, 0.15) is 12.0 Å². The van der Waals surface area contributed by atoms with Crippen LogP contribution in [-0.2, 0) is 9.53 Å². The maximum absolute atomic E-state index is 13.5. The summed E-state index contributed by atoms with van der Waals surface area (Å²) in [6.07, 6.45) is 1.21. The number of carbonyl (C=O) groups excluding carboxylic acids is 1. The zero-order valence-corrected chi connectivity index (χ0v) is 12.8. The molecule has 21 heavy (non-hydrogen) atoms. The number of rotatable bonds is 6. The highest BCUT2D eigenvalue weighted by molar-refractivity contribution is 5.84. The molecule has 0 spiro atoms. The van der Waals surface area contributed by atoms with E-state index in [-0.39, 0.29) is 30.0 Å². The van der Waals surface area contributed by atoms with Crippen molar-refractivity contribution in [2.75, 3.05) is 13.7 Å². The van der Waals surface area contributed by atoms with Gasteiger partial charge in [0, 0.05) is 7.11 Å². The van der Waals surface area contributed by atoms with E-state index in [9.17, 15) is 9.18 Å². The number of methoxy groups -OCH3 is 1. The lowest BCUT2D eigenvalue weighted by Crippen LogP contribution is -2.42. The Morgan fingerprint density at radius 2 is 2.19 bits per heavy atom. The third-order valence-electron chi connectivity index (χ3n) is 3.99. The topological polar surface area (TPSA) is 41.6 Å². The summed E-state index contributed by atoms with van der Waals surface area (Å²) in [6, 6.07) is 6.18. The molecule has 1 aliphatic rings. The summed E-state index contributed by atoms with van der Waals surface area (Å²) in [5.41, 5.74) is 0.772. The van der Waals surface area contributed by atoms with E-state index in [1.54, 1.807) is 13.2 Å². The highest BCUT2D eigenvalue weighted by Crippen LogP contribution is 2.30. The maximum Gasteiger partial charge on any atom is 0.241 e. The van der Waals surface area contributed by atoms with Gasteiger partial charge in [-0.15, -0.1) is 0 Å². The Labute approximate surface area is 125 Å². The summed E-state index contributed by atoms with van der Waals surface area (Å²) in [7, 11) is 1.63. The molecule has 1 aromatic carbocycles. The van der Waals surface area contributed by atoms with Gasteiger partial charge in [-0.3, -0.25) is 10.1 Å². The molecular formula is C16H23FN2O2. The Morgan fingerprint density at radius 1 is 1.43 bits per heavy atom. The Hall–Kier alpha value is -1.46. The molecule has 116 valence electrons. The normalized spacial score (nSPS) is 23.6. The molecule has 0 aromatic heterocycles. The van der Waals surface area contributed by atoms with Crippen LogP contribution in [0.4, 0.5) is 4.39 Å². The van der Waals surface area contributed by atoms with Gasteiger partial charge in [0.2, 0.25) is 5.91 Å². The van der Waals surface area contributed by atoms with Crippen LogP contribution in [0.15, 0.2) is 24.3 Å². The Bertz CT molecular complexity index is 495. The van der Waals surface area contributed by atoms with E-state index < -0.39 is 0 Å². The van der Waals surface area contributed by atoms with E-state index in [4.69, 9.17) is 4.74 Å². The largest absolute Gasteiger partial charge is 0.383 e. The van der Waals surface area contributed by atoms with Crippen LogP contribution in [0.1, 0.15) is 38.4 Å². The van der Waals surface area contributed by atoms with Gasteiger partial charge in [-0.1, -0.05) is 26.0 Å². The van der Waals surface area contributed by atoms with Crippen molar-refractivity contribution in [3.63, 3.8) is 0 Å². The molecule has 2 rings (SSSR count). The fourth-order valence-corrected chi connectivity index (χ4v) is 2.85. The summed E-state index contributed by atoms with van der Waals surface area (Å²) in [6.45, 7) is 4.48. The lowest BCUT2D eigenvalue weighted by molar-refractivity contribution is -0.133. The van der Waals surface area contributed by atoms with Gasteiger partial charge in [0.15, 0.2) is 0 Å². The van der Waals surface area contributed by atoms with E-state index >= 15 is 0 Å². The average Bonchev–Trinajstić information content (AvgIpc) is 2.81. The monoisotopic (exact) mass is 294 g/mol. The molecule has 1 aliphatic heterocycles. The van der Waals surface area contributed by atoms with Crippen molar-refractivity contribution in [1.82, 2.24) is 10.2 Å². The molecule has 0 radical (unpaired) electrons. The lowest BCUT2D eigenvalue weighted by Gasteiger charge is -2.32. The predicted molar refractivity (Wildman–Crippen MR) is 79.2 cm³/mol. The van der Waals surface area contributed by atoms with Crippen molar-refractivity contribution in [2.45, 2.75) is 44.9 Å². The van der Waals surface area contributed by atoms with Crippen LogP contribution in [0.5, 0.6) is 0 Å². The number of hydrogen-bond acceptors (Lipinski definition) is 3. The molecule has 1 amide bonds. The molecule has 1 saturated heterocycles. The molecule has 5 heteroatoms. The summed E-state index contributed by atoms with van der Waals surface area (Å²) in [4.78, 5) is 14.4. The van der Waals surface area contributed by atoms with E-state index in [0.29, 0.717) is 13.0 Å². The van der Waals surface area contributed by atoms with Gasteiger partial charge in [-0.25, -0.2) is 4.39 Å². The first-order chi connectivity index (χ1) is 10.1. The van der Waals surface area contributed by atoms with Crippen LogP contribution in [0, 0.1) is 5.82 Å². The molecule has 0 aliphatic carbocycles. The highest BCUT2D eigenvalue weighted by Gasteiger charge is 2.41. The average molecular weight is 294 g/mol. The Balaban J connectivity index is 2.34. The molecule has 1 aromatic rings. The summed E-state index contributed by atoms with van der Waals surface area (Å²) in [5, 5.41) is 3.31. The van der Waals surface area contributed by atoms with Gasteiger partial charge in [0.05, 0.1) is 18.7 Å².